The quantitative estimate of drug-likeness (QED) is 0.509. The Morgan fingerprint density at radius 2 is 2.40 bits per heavy atom. The molecule has 0 fully saturated rings. The summed E-state index contributed by atoms with van der Waals surface area (Å²) in [6, 6.07) is 0. The molecule has 1 aliphatic carbocycles. The first-order valence-electron chi connectivity index (χ1n) is 3.32. The molecular weight excluding hydrogens is 126 g/mol. The first kappa shape index (κ1) is 4.50. The molecule has 0 radical (unpaired) electrons. The van der Waals surface area contributed by atoms with Crippen LogP contribution in [0, 0.1) is 0 Å². The van der Waals surface area contributed by atoms with Crippen LogP contribution >= 0.6 is 0 Å². The molecule has 10 heavy (non-hydrogen) atoms. The van der Waals surface area contributed by atoms with Gasteiger partial charge in [0.25, 0.3) is 0 Å². The molecule has 48 valence electrons. The number of nitrogens with zero attached hydrogens (tertiary/aromatic N) is 1. The van der Waals surface area contributed by atoms with Crippen LogP contribution in [0.1, 0.15) is 5.56 Å². The van der Waals surface area contributed by atoms with Crippen molar-refractivity contribution in [2.45, 2.75) is 6.42 Å². The number of allylic oxidation sites excluding steroid dienone is 2. The lowest BCUT2D eigenvalue weighted by atomic mass is 10.1. The van der Waals surface area contributed by atoms with Gasteiger partial charge in [-0.15, -0.1) is 0 Å². The van der Waals surface area contributed by atoms with Gasteiger partial charge in [0, 0.05) is 10.8 Å². The predicted octanol–water partition coefficient (Wildman–Crippen LogP) is 0.437. The molecule has 1 aromatic rings. The molecule has 2 aliphatic heterocycles. The van der Waals surface area contributed by atoms with Gasteiger partial charge < -0.3 is 4.42 Å². The summed E-state index contributed by atoms with van der Waals surface area (Å²) in [4.78, 5) is 4.14. The molecule has 0 spiro atoms. The van der Waals surface area contributed by atoms with Crippen LogP contribution in [0.2, 0.25) is 0 Å². The molecule has 0 amide bonds. The highest BCUT2D eigenvalue weighted by atomic mass is 16.4. The fraction of sp³-hybridized carbons (Fsp3) is 0.125. The Labute approximate surface area is 57.2 Å². The van der Waals surface area contributed by atoms with E-state index in [2.05, 4.69) is 17.1 Å². The van der Waals surface area contributed by atoms with Gasteiger partial charge in [0.05, 0.1) is 0 Å². The van der Waals surface area contributed by atoms with Gasteiger partial charge in [-0.3, -0.25) is 0 Å². The Hall–Kier alpha value is -1.31. The van der Waals surface area contributed by atoms with Crippen molar-refractivity contribution < 1.29 is 4.42 Å². The van der Waals surface area contributed by atoms with Gasteiger partial charge in [0.15, 0.2) is 0 Å². The van der Waals surface area contributed by atoms with Crippen molar-refractivity contribution in [1.82, 2.24) is 0 Å². The standard InChI is InChI=1S/C8H5NO/c1-2-4-6-5(3-1)7-9-8(6)10-7/h1-3H,4H2. The Morgan fingerprint density at radius 3 is 3.20 bits per heavy atom. The molecular formula is C8H5NO. The maximum Gasteiger partial charge on any atom is 0.232 e. The van der Waals surface area contributed by atoms with Crippen molar-refractivity contribution in [2.24, 2.45) is 4.99 Å². The molecule has 0 aromatic carbocycles. The summed E-state index contributed by atoms with van der Waals surface area (Å²) in [5, 5.41) is 1.19. The fourth-order valence-corrected chi connectivity index (χ4v) is 1.40. The van der Waals surface area contributed by atoms with Gasteiger partial charge in [-0.25, -0.2) is 0 Å². The summed E-state index contributed by atoms with van der Waals surface area (Å²) in [6.45, 7) is 0. The molecule has 0 N–H and O–H groups in total. The van der Waals surface area contributed by atoms with Crippen molar-refractivity contribution in [3.05, 3.63) is 28.5 Å². The highest BCUT2D eigenvalue weighted by Crippen LogP contribution is 2.21. The van der Waals surface area contributed by atoms with E-state index in [9.17, 15) is 0 Å². The smallest absolute Gasteiger partial charge is 0.232 e. The van der Waals surface area contributed by atoms with Gasteiger partial charge in [-0.05, 0) is 12.5 Å². The van der Waals surface area contributed by atoms with Crippen molar-refractivity contribution in [3.63, 3.8) is 0 Å². The number of rotatable bonds is 0. The van der Waals surface area contributed by atoms with Gasteiger partial charge in [-0.1, -0.05) is 12.2 Å². The van der Waals surface area contributed by atoms with E-state index in [1.165, 1.54) is 10.8 Å². The summed E-state index contributed by atoms with van der Waals surface area (Å²) in [7, 11) is 0. The second-order valence-corrected chi connectivity index (χ2v) is 2.52. The lowest BCUT2D eigenvalue weighted by molar-refractivity contribution is 0.462. The maximum atomic E-state index is 5.22. The van der Waals surface area contributed by atoms with Crippen LogP contribution in [0.4, 0.5) is 5.88 Å². The van der Waals surface area contributed by atoms with Crippen LogP contribution in [0.5, 0.6) is 0 Å². The predicted molar refractivity (Wildman–Crippen MR) is 36.5 cm³/mol. The molecule has 0 atom stereocenters. The summed E-state index contributed by atoms with van der Waals surface area (Å²) < 4.78 is 5.22. The Balaban J connectivity index is 2.59. The Morgan fingerprint density at radius 1 is 1.50 bits per heavy atom. The second kappa shape index (κ2) is 1.24. The zero-order valence-electron chi connectivity index (χ0n) is 5.29. The summed E-state index contributed by atoms with van der Waals surface area (Å²) in [5.41, 5.74) is 2.08. The zero-order valence-corrected chi connectivity index (χ0v) is 5.29. The van der Waals surface area contributed by atoms with Crippen molar-refractivity contribution in [3.8, 4) is 0 Å². The van der Waals surface area contributed by atoms with Crippen LogP contribution in [0.25, 0.3) is 6.08 Å². The molecule has 0 saturated carbocycles. The molecule has 4 rings (SSSR count). The van der Waals surface area contributed by atoms with Crippen LogP contribution < -0.4 is 10.8 Å². The van der Waals surface area contributed by atoms with Crippen molar-refractivity contribution >= 4 is 12.0 Å². The third-order valence-corrected chi connectivity index (χ3v) is 1.93. The third kappa shape index (κ3) is 0.328. The summed E-state index contributed by atoms with van der Waals surface area (Å²) in [5.74, 6) is 0.839. The van der Waals surface area contributed by atoms with E-state index < -0.39 is 0 Å². The van der Waals surface area contributed by atoms with E-state index in [0.29, 0.717) is 0 Å². The zero-order chi connectivity index (χ0) is 6.55. The number of furan rings is 1. The average molecular weight is 131 g/mol. The number of hydrogen-bond donors (Lipinski definition) is 0. The summed E-state index contributed by atoms with van der Waals surface area (Å²) in [6.07, 6.45) is 7.20. The first-order valence-corrected chi connectivity index (χ1v) is 3.32. The molecule has 3 aliphatic rings. The van der Waals surface area contributed by atoms with E-state index in [4.69, 9.17) is 4.42 Å². The van der Waals surface area contributed by atoms with Crippen LogP contribution in [-0.2, 0) is 6.42 Å². The Bertz CT molecular complexity index is 437. The van der Waals surface area contributed by atoms with E-state index in [0.717, 1.165) is 17.9 Å². The molecule has 2 nitrogen and oxygen atoms in total. The minimum absolute atomic E-state index is 0.814. The maximum absolute atomic E-state index is 5.22. The normalized spacial score (nSPS) is 16.8. The third-order valence-electron chi connectivity index (χ3n) is 1.93. The Kier molecular flexibility index (Phi) is 0.556. The highest BCUT2D eigenvalue weighted by molar-refractivity contribution is 5.53. The lowest BCUT2D eigenvalue weighted by Crippen LogP contribution is -2.22. The minimum Gasteiger partial charge on any atom is -0.419 e. The molecule has 2 heteroatoms. The van der Waals surface area contributed by atoms with E-state index >= 15 is 0 Å². The van der Waals surface area contributed by atoms with E-state index in [-0.39, 0.29) is 0 Å². The fourth-order valence-electron chi connectivity index (χ4n) is 1.40. The number of hydrogen-bond acceptors (Lipinski definition) is 2. The van der Waals surface area contributed by atoms with Crippen LogP contribution in [-0.4, -0.2) is 0 Å². The monoisotopic (exact) mass is 131 g/mol. The van der Waals surface area contributed by atoms with Gasteiger partial charge in [-0.2, -0.15) is 4.99 Å². The van der Waals surface area contributed by atoms with Gasteiger partial charge >= 0.3 is 0 Å². The van der Waals surface area contributed by atoms with E-state index in [1.54, 1.807) is 0 Å². The molecule has 0 unspecified atom stereocenters. The first-order chi connectivity index (χ1) is 4.95. The van der Waals surface area contributed by atoms with Crippen LogP contribution in [0.15, 0.2) is 21.6 Å². The molecule has 1 aromatic heterocycles. The summed E-state index contributed by atoms with van der Waals surface area (Å²) >= 11 is 0. The van der Waals surface area contributed by atoms with Crippen molar-refractivity contribution in [2.75, 3.05) is 0 Å². The molecule has 3 heterocycles. The average Bonchev–Trinajstić information content (AvgIpc) is 2.36. The van der Waals surface area contributed by atoms with Crippen molar-refractivity contribution in [1.29, 1.82) is 0 Å². The topological polar surface area (TPSA) is 25.5 Å². The second-order valence-electron chi connectivity index (χ2n) is 2.52. The molecule has 2 bridgehead atoms. The van der Waals surface area contributed by atoms with Gasteiger partial charge in [0.1, 0.15) is 0 Å². The largest absolute Gasteiger partial charge is 0.419 e. The SMILES string of the molecule is C1=CCc2c3oc(c2=C1)=N3. The minimum atomic E-state index is 0.814. The van der Waals surface area contributed by atoms with Gasteiger partial charge in [0.2, 0.25) is 11.4 Å². The highest BCUT2D eigenvalue weighted by Gasteiger charge is 2.18. The van der Waals surface area contributed by atoms with E-state index in [1.807, 2.05) is 6.08 Å². The lowest BCUT2D eigenvalue weighted by Gasteiger charge is -1.93. The van der Waals surface area contributed by atoms with Crippen LogP contribution in [0.3, 0.4) is 0 Å². The molecule has 0 saturated heterocycles.